The number of anilines is 1. The van der Waals surface area contributed by atoms with Crippen LogP contribution in [0.1, 0.15) is 28.7 Å². The lowest BCUT2D eigenvalue weighted by Crippen LogP contribution is -2.29. The second-order valence-electron chi connectivity index (χ2n) is 7.06. The minimum absolute atomic E-state index is 0.00366. The van der Waals surface area contributed by atoms with Crippen LogP contribution in [0.2, 0.25) is 0 Å². The first-order valence-electron chi connectivity index (χ1n) is 9.17. The highest BCUT2D eigenvalue weighted by molar-refractivity contribution is 9.10. The van der Waals surface area contributed by atoms with Crippen molar-refractivity contribution in [3.8, 4) is 0 Å². The summed E-state index contributed by atoms with van der Waals surface area (Å²) in [6, 6.07) is 15.0. The van der Waals surface area contributed by atoms with Gasteiger partial charge >= 0.3 is 0 Å². The van der Waals surface area contributed by atoms with E-state index in [1.165, 1.54) is 4.90 Å². The summed E-state index contributed by atoms with van der Waals surface area (Å²) >= 11 is 6.84. The molecule has 1 aromatic heterocycles. The minimum atomic E-state index is -0.878. The number of carbonyl (C=O) groups excluding carboxylic acids is 2. The number of furan rings is 1. The van der Waals surface area contributed by atoms with E-state index in [0.717, 1.165) is 14.5 Å². The van der Waals surface area contributed by atoms with Gasteiger partial charge in [0.1, 0.15) is 23.3 Å². The highest BCUT2D eigenvalue weighted by Crippen LogP contribution is 2.43. The second-order valence-corrected chi connectivity index (χ2v) is 8.83. The van der Waals surface area contributed by atoms with Crippen molar-refractivity contribution in [3.63, 3.8) is 0 Å². The van der Waals surface area contributed by atoms with E-state index in [0.29, 0.717) is 22.8 Å². The standard InChI is InChI=1S/C23H17Br2NO4/c1-12-10-14(7-8-17(12)25)21(27)19-20(18-9-6-13(2)30-18)26(23(29)22(19)28)16-5-3-4-15(24)11-16/h3-11,20,27H,1-2H3/b21-19-. The van der Waals surface area contributed by atoms with Gasteiger partial charge in [0.2, 0.25) is 0 Å². The molecule has 0 aliphatic carbocycles. The summed E-state index contributed by atoms with van der Waals surface area (Å²) in [5.74, 6) is -0.665. The topological polar surface area (TPSA) is 70.8 Å². The average Bonchev–Trinajstić information content (AvgIpc) is 3.25. The Morgan fingerprint density at radius 2 is 1.80 bits per heavy atom. The molecule has 2 aromatic carbocycles. The number of rotatable bonds is 3. The Hall–Kier alpha value is -2.64. The third-order valence-corrected chi connectivity index (χ3v) is 6.38. The molecular weight excluding hydrogens is 514 g/mol. The fourth-order valence-corrected chi connectivity index (χ4v) is 4.18. The maximum Gasteiger partial charge on any atom is 0.300 e. The van der Waals surface area contributed by atoms with Crippen molar-refractivity contribution in [3.05, 3.63) is 91.8 Å². The zero-order chi connectivity index (χ0) is 21.6. The molecular formula is C23H17Br2NO4. The fourth-order valence-electron chi connectivity index (χ4n) is 3.54. The molecule has 5 nitrogen and oxygen atoms in total. The summed E-state index contributed by atoms with van der Waals surface area (Å²) in [4.78, 5) is 27.5. The Balaban J connectivity index is 1.95. The predicted molar refractivity (Wildman–Crippen MR) is 121 cm³/mol. The summed E-state index contributed by atoms with van der Waals surface area (Å²) in [6.07, 6.45) is 0. The molecule has 1 aliphatic heterocycles. The lowest BCUT2D eigenvalue weighted by atomic mass is 9.98. The molecule has 0 bridgehead atoms. The van der Waals surface area contributed by atoms with Gasteiger partial charge in [-0.05, 0) is 61.9 Å². The largest absolute Gasteiger partial charge is 0.507 e. The van der Waals surface area contributed by atoms with E-state index in [9.17, 15) is 14.7 Å². The zero-order valence-electron chi connectivity index (χ0n) is 16.1. The third-order valence-electron chi connectivity index (χ3n) is 4.99. The number of nitrogens with zero attached hydrogens (tertiary/aromatic N) is 1. The van der Waals surface area contributed by atoms with Gasteiger partial charge in [0.05, 0.1) is 5.57 Å². The van der Waals surface area contributed by atoms with Gasteiger partial charge in [-0.1, -0.05) is 44.0 Å². The molecule has 1 amide bonds. The van der Waals surface area contributed by atoms with Crippen LogP contribution >= 0.6 is 31.9 Å². The number of hydrogen-bond donors (Lipinski definition) is 1. The van der Waals surface area contributed by atoms with E-state index < -0.39 is 17.7 Å². The normalized spacial score (nSPS) is 18.3. The molecule has 1 aliphatic rings. The Bertz CT molecular complexity index is 1210. The number of halogens is 2. The SMILES string of the molecule is Cc1ccc(C2/C(=C(/O)c3ccc(Br)c(C)c3)C(=O)C(=O)N2c2cccc(Br)c2)o1. The lowest BCUT2D eigenvalue weighted by Gasteiger charge is -2.23. The van der Waals surface area contributed by atoms with Crippen LogP contribution in [0.15, 0.2) is 73.5 Å². The number of aliphatic hydroxyl groups excluding tert-OH is 1. The summed E-state index contributed by atoms with van der Waals surface area (Å²) in [5.41, 5.74) is 1.87. The van der Waals surface area contributed by atoms with Gasteiger partial charge in [-0.15, -0.1) is 0 Å². The number of carbonyl (C=O) groups is 2. The summed E-state index contributed by atoms with van der Waals surface area (Å²) in [5, 5.41) is 11.1. The maximum atomic E-state index is 13.1. The van der Waals surface area contributed by atoms with Crippen molar-refractivity contribution in [2.75, 3.05) is 4.90 Å². The van der Waals surface area contributed by atoms with Crippen LogP contribution < -0.4 is 4.90 Å². The number of benzene rings is 2. The molecule has 30 heavy (non-hydrogen) atoms. The van der Waals surface area contributed by atoms with Crippen LogP contribution in [0, 0.1) is 13.8 Å². The van der Waals surface area contributed by atoms with Crippen LogP contribution in [0.3, 0.4) is 0 Å². The van der Waals surface area contributed by atoms with E-state index in [1.54, 1.807) is 55.5 Å². The highest BCUT2D eigenvalue weighted by atomic mass is 79.9. The second kappa shape index (κ2) is 7.89. The predicted octanol–water partition coefficient (Wildman–Crippen LogP) is 6.05. The molecule has 0 spiro atoms. The smallest absolute Gasteiger partial charge is 0.300 e. The van der Waals surface area contributed by atoms with Crippen LogP contribution in [0.25, 0.3) is 5.76 Å². The fraction of sp³-hybridized carbons (Fsp3) is 0.130. The van der Waals surface area contributed by atoms with Crippen molar-refractivity contribution in [1.29, 1.82) is 0 Å². The molecule has 0 saturated carbocycles. The molecule has 7 heteroatoms. The Morgan fingerprint density at radius 3 is 2.43 bits per heavy atom. The quantitative estimate of drug-likeness (QED) is 0.254. The molecule has 2 heterocycles. The maximum absolute atomic E-state index is 13.1. The number of Topliss-reactive ketones (excluding diaryl/α,β-unsaturated/α-hetero) is 1. The van der Waals surface area contributed by atoms with E-state index >= 15 is 0 Å². The molecule has 1 saturated heterocycles. The van der Waals surface area contributed by atoms with E-state index in [4.69, 9.17) is 4.42 Å². The minimum Gasteiger partial charge on any atom is -0.507 e. The number of aliphatic hydroxyl groups is 1. The lowest BCUT2D eigenvalue weighted by molar-refractivity contribution is -0.132. The monoisotopic (exact) mass is 529 g/mol. The van der Waals surface area contributed by atoms with Gasteiger partial charge in [0.15, 0.2) is 0 Å². The highest BCUT2D eigenvalue weighted by Gasteiger charge is 2.48. The first-order chi connectivity index (χ1) is 14.3. The van der Waals surface area contributed by atoms with Crippen LogP contribution in [-0.2, 0) is 9.59 Å². The van der Waals surface area contributed by atoms with Crippen LogP contribution in [0.5, 0.6) is 0 Å². The van der Waals surface area contributed by atoms with Crippen molar-refractivity contribution in [2.45, 2.75) is 19.9 Å². The van der Waals surface area contributed by atoms with Gasteiger partial charge in [-0.2, -0.15) is 0 Å². The number of aryl methyl sites for hydroxylation is 2. The van der Waals surface area contributed by atoms with Crippen LogP contribution in [0.4, 0.5) is 5.69 Å². The summed E-state index contributed by atoms with van der Waals surface area (Å²) < 4.78 is 7.44. The van der Waals surface area contributed by atoms with Gasteiger partial charge in [0.25, 0.3) is 11.7 Å². The Morgan fingerprint density at radius 1 is 1.03 bits per heavy atom. The molecule has 1 atom stereocenters. The van der Waals surface area contributed by atoms with E-state index in [1.807, 2.05) is 13.0 Å². The van der Waals surface area contributed by atoms with Crippen molar-refractivity contribution >= 4 is 55.0 Å². The molecule has 4 rings (SSSR count). The van der Waals surface area contributed by atoms with Gasteiger partial charge < -0.3 is 9.52 Å². The van der Waals surface area contributed by atoms with Gasteiger partial charge in [-0.3, -0.25) is 14.5 Å². The Labute approximate surface area is 190 Å². The van der Waals surface area contributed by atoms with E-state index in [2.05, 4.69) is 31.9 Å². The summed E-state index contributed by atoms with van der Waals surface area (Å²) in [6.45, 7) is 3.67. The van der Waals surface area contributed by atoms with Crippen molar-refractivity contribution in [2.24, 2.45) is 0 Å². The first kappa shape index (κ1) is 20.6. The molecule has 3 aromatic rings. The van der Waals surface area contributed by atoms with Crippen LogP contribution in [-0.4, -0.2) is 16.8 Å². The number of hydrogen-bond acceptors (Lipinski definition) is 4. The molecule has 152 valence electrons. The number of amides is 1. The molecule has 0 radical (unpaired) electrons. The van der Waals surface area contributed by atoms with Gasteiger partial charge in [0, 0.05) is 20.2 Å². The molecule has 1 fully saturated rings. The molecule has 1 N–H and O–H groups in total. The average molecular weight is 531 g/mol. The van der Waals surface area contributed by atoms with Crippen molar-refractivity contribution < 1.29 is 19.1 Å². The summed E-state index contributed by atoms with van der Waals surface area (Å²) in [7, 11) is 0. The molecule has 1 unspecified atom stereocenters. The van der Waals surface area contributed by atoms with Gasteiger partial charge in [-0.25, -0.2) is 0 Å². The van der Waals surface area contributed by atoms with Crippen molar-refractivity contribution in [1.82, 2.24) is 0 Å². The third kappa shape index (κ3) is 3.52. The Kier molecular flexibility index (Phi) is 5.42. The first-order valence-corrected chi connectivity index (χ1v) is 10.8. The van der Waals surface area contributed by atoms with E-state index in [-0.39, 0.29) is 11.3 Å². The zero-order valence-corrected chi connectivity index (χ0v) is 19.3. The number of ketones is 1.